The maximum absolute atomic E-state index is 9.54. The fourth-order valence-electron chi connectivity index (χ4n) is 3.83. The second kappa shape index (κ2) is 10.1. The third kappa shape index (κ3) is 4.45. The quantitative estimate of drug-likeness (QED) is 0.359. The molecule has 4 rings (SSSR count). The van der Waals surface area contributed by atoms with Crippen molar-refractivity contribution in [2.75, 3.05) is 43.7 Å². The van der Waals surface area contributed by atoms with Gasteiger partial charge in [-0.1, -0.05) is 12.1 Å². The zero-order valence-corrected chi connectivity index (χ0v) is 18.5. The number of hydrogen-bond acceptors (Lipinski definition) is 12. The number of hydrogen-bond donors (Lipinski definition) is 4. The van der Waals surface area contributed by atoms with E-state index in [1.807, 2.05) is 12.3 Å². The number of nitrogens with one attached hydrogen (secondary N) is 2. The Balaban J connectivity index is 1.75. The standard InChI is InChI=1S/C22H24N8O4/c1-31-14-5-2-4-12(19(14)34-9-6-15-32-7-3-8-33-15)18-16-17(25)13(10-23)20(26)29-21(16)30-22(28-18)27-11-24/h2,4-5,15,18H,3,6-9H2,1H3,(H6,25,26,27,28,29,30). The first kappa shape index (κ1) is 22.9. The number of guanidine groups is 1. The van der Waals surface area contributed by atoms with Crippen molar-refractivity contribution in [1.82, 2.24) is 10.3 Å². The molecule has 34 heavy (non-hydrogen) atoms. The minimum atomic E-state index is -0.764. The van der Waals surface area contributed by atoms with E-state index in [0.717, 1.165) is 6.42 Å². The average molecular weight is 464 g/mol. The smallest absolute Gasteiger partial charge is 0.211 e. The summed E-state index contributed by atoms with van der Waals surface area (Å²) in [6.45, 7) is 1.59. The van der Waals surface area contributed by atoms with Gasteiger partial charge in [-0.05, 0) is 12.5 Å². The van der Waals surface area contributed by atoms with E-state index in [-0.39, 0.29) is 35.1 Å². The number of aliphatic imine (C=N–C) groups is 1. The van der Waals surface area contributed by atoms with Crippen molar-refractivity contribution in [3.63, 3.8) is 0 Å². The molecule has 6 N–H and O–H groups in total. The summed E-state index contributed by atoms with van der Waals surface area (Å²) in [6, 6.07) is 6.58. The normalized spacial score (nSPS) is 17.4. The molecule has 1 aromatic heterocycles. The van der Waals surface area contributed by atoms with Crippen LogP contribution in [-0.2, 0) is 9.47 Å². The van der Waals surface area contributed by atoms with Gasteiger partial charge in [-0.15, -0.1) is 0 Å². The van der Waals surface area contributed by atoms with E-state index in [2.05, 4.69) is 20.6 Å². The largest absolute Gasteiger partial charge is 0.493 e. The van der Waals surface area contributed by atoms with Crippen LogP contribution in [0.2, 0.25) is 0 Å². The topological polar surface area (TPSA) is 186 Å². The number of fused-ring (bicyclic) bond motifs is 1. The summed E-state index contributed by atoms with van der Waals surface area (Å²) >= 11 is 0. The molecule has 0 saturated carbocycles. The van der Waals surface area contributed by atoms with Crippen molar-refractivity contribution >= 4 is 23.3 Å². The van der Waals surface area contributed by atoms with Crippen LogP contribution in [0.15, 0.2) is 23.2 Å². The van der Waals surface area contributed by atoms with Crippen LogP contribution in [0.4, 0.5) is 17.3 Å². The molecule has 1 unspecified atom stereocenters. The van der Waals surface area contributed by atoms with Crippen LogP contribution in [0.5, 0.6) is 11.5 Å². The van der Waals surface area contributed by atoms with Crippen molar-refractivity contribution in [3.05, 3.63) is 34.9 Å². The number of nitrogen functional groups attached to an aromatic ring is 2. The van der Waals surface area contributed by atoms with E-state index in [0.29, 0.717) is 48.9 Å². The summed E-state index contributed by atoms with van der Waals surface area (Å²) in [5, 5.41) is 24.0. The fourth-order valence-corrected chi connectivity index (χ4v) is 3.83. The number of nitrogens with zero attached hydrogens (tertiary/aromatic N) is 4. The van der Waals surface area contributed by atoms with Crippen LogP contribution in [0.25, 0.3) is 0 Å². The van der Waals surface area contributed by atoms with E-state index >= 15 is 0 Å². The maximum Gasteiger partial charge on any atom is 0.211 e. The van der Waals surface area contributed by atoms with Gasteiger partial charge in [0.15, 0.2) is 24.0 Å². The van der Waals surface area contributed by atoms with Crippen molar-refractivity contribution in [3.8, 4) is 23.8 Å². The van der Waals surface area contributed by atoms with Crippen LogP contribution in [0.3, 0.4) is 0 Å². The molecule has 2 aromatic rings. The Kier molecular flexibility index (Phi) is 6.82. The van der Waals surface area contributed by atoms with Crippen LogP contribution in [0.1, 0.15) is 35.6 Å². The number of methoxy groups -OCH3 is 1. The zero-order chi connectivity index (χ0) is 24.1. The van der Waals surface area contributed by atoms with E-state index < -0.39 is 6.04 Å². The number of pyridine rings is 1. The average Bonchev–Trinajstić information content (AvgIpc) is 2.84. The minimum absolute atomic E-state index is 0.0298. The third-order valence-corrected chi connectivity index (χ3v) is 5.38. The van der Waals surface area contributed by atoms with Gasteiger partial charge in [0.2, 0.25) is 5.96 Å². The van der Waals surface area contributed by atoms with Crippen LogP contribution in [0, 0.1) is 22.8 Å². The van der Waals surface area contributed by atoms with Crippen molar-refractivity contribution in [2.24, 2.45) is 4.99 Å². The highest BCUT2D eigenvalue weighted by molar-refractivity contribution is 5.98. The lowest BCUT2D eigenvalue weighted by Crippen LogP contribution is -2.33. The maximum atomic E-state index is 9.54. The lowest BCUT2D eigenvalue weighted by Gasteiger charge is -2.28. The van der Waals surface area contributed by atoms with Gasteiger partial charge >= 0.3 is 0 Å². The number of para-hydroxylation sites is 1. The molecular formula is C22H24N8O4. The first-order chi connectivity index (χ1) is 16.6. The summed E-state index contributed by atoms with van der Waals surface area (Å²) in [4.78, 5) is 8.88. The Morgan fingerprint density at radius 3 is 2.76 bits per heavy atom. The van der Waals surface area contributed by atoms with Gasteiger partial charge in [-0.25, -0.2) is 9.98 Å². The summed E-state index contributed by atoms with van der Waals surface area (Å²) < 4.78 is 22.9. The molecule has 2 aliphatic rings. The van der Waals surface area contributed by atoms with Gasteiger partial charge in [0.25, 0.3) is 0 Å². The molecule has 1 fully saturated rings. The van der Waals surface area contributed by atoms with E-state index in [4.69, 9.17) is 35.7 Å². The Hall–Kier alpha value is -4.26. The van der Waals surface area contributed by atoms with Crippen molar-refractivity contribution in [2.45, 2.75) is 25.2 Å². The molecule has 0 spiro atoms. The number of rotatable bonds is 6. The number of aromatic nitrogens is 1. The highest BCUT2D eigenvalue weighted by atomic mass is 16.7. The van der Waals surface area contributed by atoms with Crippen molar-refractivity contribution < 1.29 is 18.9 Å². The van der Waals surface area contributed by atoms with Gasteiger partial charge < -0.3 is 35.7 Å². The van der Waals surface area contributed by atoms with Gasteiger partial charge in [0.1, 0.15) is 29.3 Å². The van der Waals surface area contributed by atoms with Crippen LogP contribution in [-0.4, -0.2) is 44.2 Å². The molecule has 0 radical (unpaired) electrons. The summed E-state index contributed by atoms with van der Waals surface area (Å²) in [7, 11) is 1.53. The molecule has 0 amide bonds. The van der Waals surface area contributed by atoms with Crippen LogP contribution < -0.4 is 31.6 Å². The molecule has 0 aliphatic carbocycles. The molecule has 0 bridgehead atoms. The molecule has 1 atom stereocenters. The Labute approximate surface area is 196 Å². The molecule has 176 valence electrons. The van der Waals surface area contributed by atoms with Crippen LogP contribution >= 0.6 is 0 Å². The Morgan fingerprint density at radius 1 is 1.26 bits per heavy atom. The molecule has 12 heteroatoms. The zero-order valence-electron chi connectivity index (χ0n) is 18.5. The Bertz CT molecular complexity index is 1180. The predicted molar refractivity (Wildman–Crippen MR) is 123 cm³/mol. The minimum Gasteiger partial charge on any atom is -0.493 e. The monoisotopic (exact) mass is 464 g/mol. The molecule has 2 aliphatic heterocycles. The van der Waals surface area contributed by atoms with Gasteiger partial charge in [0, 0.05) is 17.5 Å². The number of nitrogens with two attached hydrogens (primary N) is 2. The lowest BCUT2D eigenvalue weighted by molar-refractivity contribution is -0.183. The van der Waals surface area contributed by atoms with Gasteiger partial charge in [-0.3, -0.25) is 5.32 Å². The van der Waals surface area contributed by atoms with E-state index in [1.165, 1.54) is 7.11 Å². The van der Waals surface area contributed by atoms with Gasteiger partial charge in [-0.2, -0.15) is 10.5 Å². The predicted octanol–water partition coefficient (Wildman–Crippen LogP) is 1.60. The highest BCUT2D eigenvalue weighted by Crippen LogP contribution is 2.45. The Morgan fingerprint density at radius 2 is 2.06 bits per heavy atom. The van der Waals surface area contributed by atoms with Crippen molar-refractivity contribution in [1.29, 1.82) is 10.5 Å². The lowest BCUT2D eigenvalue weighted by atomic mass is 9.94. The summed E-state index contributed by atoms with van der Waals surface area (Å²) in [6.07, 6.45) is 2.88. The molecule has 1 saturated heterocycles. The number of anilines is 3. The highest BCUT2D eigenvalue weighted by Gasteiger charge is 2.32. The summed E-state index contributed by atoms with van der Waals surface area (Å²) in [5.74, 6) is 1.32. The molecular weight excluding hydrogens is 440 g/mol. The SMILES string of the molecule is COc1cccc(C2N=C(NC#N)Nc3nc(N)c(C#N)c(N)c32)c1OCCC1OCCCO1. The number of nitriles is 2. The second-order valence-corrected chi connectivity index (χ2v) is 7.44. The molecule has 1 aromatic carbocycles. The third-order valence-electron chi connectivity index (χ3n) is 5.38. The molecule has 12 nitrogen and oxygen atoms in total. The van der Waals surface area contributed by atoms with E-state index in [1.54, 1.807) is 18.2 Å². The number of ether oxygens (including phenoxy) is 4. The summed E-state index contributed by atoms with van der Waals surface area (Å²) in [5.41, 5.74) is 13.5. The first-order valence-corrected chi connectivity index (χ1v) is 10.6. The fraction of sp³-hybridized carbons (Fsp3) is 0.364. The van der Waals surface area contributed by atoms with E-state index in [9.17, 15) is 5.26 Å². The van der Waals surface area contributed by atoms with Gasteiger partial charge in [0.05, 0.1) is 32.6 Å². The number of benzene rings is 1. The first-order valence-electron chi connectivity index (χ1n) is 10.6. The molecule has 3 heterocycles. The second-order valence-electron chi connectivity index (χ2n) is 7.44.